The number of rotatable bonds is 4. The second-order valence-electron chi connectivity index (χ2n) is 3.42. The van der Waals surface area contributed by atoms with E-state index in [0.29, 0.717) is 11.6 Å². The average Bonchev–Trinajstić information content (AvgIpc) is 2.26. The van der Waals surface area contributed by atoms with Crippen LogP contribution in [0.15, 0.2) is 12.1 Å². The molecular formula is C11H16N2O3. The van der Waals surface area contributed by atoms with E-state index < -0.39 is 6.04 Å². The molecule has 0 aromatic carbocycles. The number of anilines is 1. The molecule has 0 spiro atoms. The van der Waals surface area contributed by atoms with Crippen LogP contribution in [-0.4, -0.2) is 31.2 Å². The summed E-state index contributed by atoms with van der Waals surface area (Å²) < 4.78 is 9.72. The van der Waals surface area contributed by atoms with Crippen LogP contribution in [0.4, 0.5) is 5.82 Å². The van der Waals surface area contributed by atoms with E-state index >= 15 is 0 Å². The molecule has 0 aliphatic rings. The summed E-state index contributed by atoms with van der Waals surface area (Å²) in [4.78, 5) is 15.5. The van der Waals surface area contributed by atoms with Crippen molar-refractivity contribution in [3.8, 4) is 5.75 Å². The van der Waals surface area contributed by atoms with Crippen LogP contribution in [0.1, 0.15) is 12.6 Å². The summed E-state index contributed by atoms with van der Waals surface area (Å²) in [5.74, 6) is 0.962. The van der Waals surface area contributed by atoms with Crippen molar-refractivity contribution in [2.45, 2.75) is 19.9 Å². The summed E-state index contributed by atoms with van der Waals surface area (Å²) in [6.45, 7) is 3.57. The Hall–Kier alpha value is -1.78. The van der Waals surface area contributed by atoms with Crippen LogP contribution in [0.2, 0.25) is 0 Å². The predicted molar refractivity (Wildman–Crippen MR) is 60.6 cm³/mol. The molecule has 1 N–H and O–H groups in total. The Morgan fingerprint density at radius 1 is 1.44 bits per heavy atom. The molecule has 0 fully saturated rings. The third kappa shape index (κ3) is 3.12. The monoisotopic (exact) mass is 224 g/mol. The Morgan fingerprint density at radius 2 is 2.12 bits per heavy atom. The lowest BCUT2D eigenvalue weighted by Crippen LogP contribution is -2.27. The summed E-state index contributed by atoms with van der Waals surface area (Å²) >= 11 is 0. The van der Waals surface area contributed by atoms with Gasteiger partial charge in [0, 0.05) is 17.8 Å². The Kier molecular flexibility index (Phi) is 4.10. The molecule has 5 nitrogen and oxygen atoms in total. The molecule has 88 valence electrons. The van der Waals surface area contributed by atoms with Gasteiger partial charge in [0.1, 0.15) is 17.6 Å². The molecular weight excluding hydrogens is 208 g/mol. The smallest absolute Gasteiger partial charge is 0.328 e. The van der Waals surface area contributed by atoms with E-state index in [1.165, 1.54) is 7.11 Å². The summed E-state index contributed by atoms with van der Waals surface area (Å²) in [6, 6.07) is 3.10. The molecule has 1 aromatic heterocycles. The van der Waals surface area contributed by atoms with E-state index in [4.69, 9.17) is 4.74 Å². The highest BCUT2D eigenvalue weighted by Crippen LogP contribution is 2.17. The van der Waals surface area contributed by atoms with Crippen LogP contribution in [0.3, 0.4) is 0 Å². The number of pyridine rings is 1. The van der Waals surface area contributed by atoms with Crippen LogP contribution < -0.4 is 10.1 Å². The number of aromatic nitrogens is 1. The van der Waals surface area contributed by atoms with E-state index in [1.807, 2.05) is 13.0 Å². The molecule has 1 heterocycles. The molecule has 0 saturated heterocycles. The fraction of sp³-hybridized carbons (Fsp3) is 0.455. The number of carbonyl (C=O) groups excluding carboxylic acids is 1. The third-order valence-electron chi connectivity index (χ3n) is 2.08. The largest absolute Gasteiger partial charge is 0.497 e. The van der Waals surface area contributed by atoms with Gasteiger partial charge in [-0.15, -0.1) is 0 Å². The quantitative estimate of drug-likeness (QED) is 0.783. The van der Waals surface area contributed by atoms with E-state index in [9.17, 15) is 4.79 Å². The lowest BCUT2D eigenvalue weighted by molar-refractivity contribution is -0.141. The molecule has 1 rings (SSSR count). The van der Waals surface area contributed by atoms with Crippen molar-refractivity contribution in [1.29, 1.82) is 0 Å². The fourth-order valence-corrected chi connectivity index (χ4v) is 1.29. The van der Waals surface area contributed by atoms with Crippen LogP contribution >= 0.6 is 0 Å². The third-order valence-corrected chi connectivity index (χ3v) is 2.08. The lowest BCUT2D eigenvalue weighted by atomic mass is 10.3. The number of carbonyl (C=O) groups is 1. The van der Waals surface area contributed by atoms with Crippen LogP contribution in [0, 0.1) is 6.92 Å². The minimum absolute atomic E-state index is 0.331. The van der Waals surface area contributed by atoms with Crippen molar-refractivity contribution in [1.82, 2.24) is 4.98 Å². The molecule has 0 aliphatic carbocycles. The van der Waals surface area contributed by atoms with Crippen molar-refractivity contribution in [3.05, 3.63) is 17.8 Å². The number of hydrogen-bond donors (Lipinski definition) is 1. The first-order valence-corrected chi connectivity index (χ1v) is 4.94. The number of ether oxygens (including phenoxy) is 2. The van der Waals surface area contributed by atoms with Crippen molar-refractivity contribution in [2.75, 3.05) is 19.5 Å². The maximum Gasteiger partial charge on any atom is 0.328 e. The SMILES string of the molecule is COC(=O)C(C)Nc1cc(OC)cc(C)n1. The molecule has 1 aromatic rings. The highest BCUT2D eigenvalue weighted by Gasteiger charge is 2.13. The van der Waals surface area contributed by atoms with Crippen molar-refractivity contribution < 1.29 is 14.3 Å². The van der Waals surface area contributed by atoms with Gasteiger partial charge >= 0.3 is 5.97 Å². The Morgan fingerprint density at radius 3 is 2.69 bits per heavy atom. The fourth-order valence-electron chi connectivity index (χ4n) is 1.29. The van der Waals surface area contributed by atoms with Crippen LogP contribution in [0.25, 0.3) is 0 Å². The maximum absolute atomic E-state index is 11.2. The number of hydrogen-bond acceptors (Lipinski definition) is 5. The van der Waals surface area contributed by atoms with Crippen LogP contribution in [0.5, 0.6) is 5.75 Å². The molecule has 1 unspecified atom stereocenters. The molecule has 0 saturated carbocycles. The summed E-state index contributed by atoms with van der Waals surface area (Å²) in [6.07, 6.45) is 0. The number of nitrogens with one attached hydrogen (secondary N) is 1. The zero-order valence-electron chi connectivity index (χ0n) is 9.90. The molecule has 16 heavy (non-hydrogen) atoms. The minimum Gasteiger partial charge on any atom is -0.497 e. The molecule has 0 radical (unpaired) electrons. The van der Waals surface area contributed by atoms with Crippen molar-refractivity contribution in [3.63, 3.8) is 0 Å². The minimum atomic E-state index is -0.441. The van der Waals surface area contributed by atoms with Gasteiger partial charge in [-0.3, -0.25) is 0 Å². The zero-order valence-corrected chi connectivity index (χ0v) is 9.90. The van der Waals surface area contributed by atoms with E-state index in [1.54, 1.807) is 20.1 Å². The highest BCUT2D eigenvalue weighted by molar-refractivity contribution is 5.78. The number of aryl methyl sites for hydroxylation is 1. The van der Waals surface area contributed by atoms with Gasteiger partial charge in [0.05, 0.1) is 14.2 Å². The average molecular weight is 224 g/mol. The van der Waals surface area contributed by atoms with Gasteiger partial charge in [-0.2, -0.15) is 0 Å². The summed E-state index contributed by atoms with van der Waals surface area (Å²) in [7, 11) is 2.94. The number of methoxy groups -OCH3 is 2. The summed E-state index contributed by atoms with van der Waals surface area (Å²) in [5, 5.41) is 2.94. The first-order valence-electron chi connectivity index (χ1n) is 4.94. The Balaban J connectivity index is 2.80. The maximum atomic E-state index is 11.2. The summed E-state index contributed by atoms with van der Waals surface area (Å²) in [5.41, 5.74) is 0.818. The predicted octanol–water partition coefficient (Wildman–Crippen LogP) is 1.37. The van der Waals surface area contributed by atoms with Gasteiger partial charge < -0.3 is 14.8 Å². The van der Waals surface area contributed by atoms with E-state index in [0.717, 1.165) is 5.69 Å². The van der Waals surface area contributed by atoms with E-state index in [2.05, 4.69) is 15.0 Å². The normalized spacial score (nSPS) is 11.8. The van der Waals surface area contributed by atoms with Crippen molar-refractivity contribution in [2.24, 2.45) is 0 Å². The van der Waals surface area contributed by atoms with Crippen molar-refractivity contribution >= 4 is 11.8 Å². The zero-order chi connectivity index (χ0) is 12.1. The van der Waals surface area contributed by atoms with Gasteiger partial charge in [0.25, 0.3) is 0 Å². The topological polar surface area (TPSA) is 60.5 Å². The standard InChI is InChI=1S/C11H16N2O3/c1-7-5-9(15-3)6-10(12-7)13-8(2)11(14)16-4/h5-6,8H,1-4H3,(H,12,13). The first-order chi connectivity index (χ1) is 7.56. The lowest BCUT2D eigenvalue weighted by Gasteiger charge is -2.13. The van der Waals surface area contributed by atoms with Gasteiger partial charge in [-0.25, -0.2) is 9.78 Å². The van der Waals surface area contributed by atoms with E-state index in [-0.39, 0.29) is 5.97 Å². The number of nitrogens with zero attached hydrogens (tertiary/aromatic N) is 1. The van der Waals surface area contributed by atoms with Gasteiger partial charge in [-0.05, 0) is 13.8 Å². The molecule has 1 atom stereocenters. The first kappa shape index (κ1) is 12.3. The Labute approximate surface area is 94.8 Å². The van der Waals surface area contributed by atoms with Gasteiger partial charge in [0.2, 0.25) is 0 Å². The van der Waals surface area contributed by atoms with Gasteiger partial charge in [0.15, 0.2) is 0 Å². The molecule has 0 amide bonds. The van der Waals surface area contributed by atoms with Crippen LogP contribution in [-0.2, 0) is 9.53 Å². The molecule has 0 aliphatic heterocycles. The highest BCUT2D eigenvalue weighted by atomic mass is 16.5. The Bertz CT molecular complexity index is 379. The number of esters is 1. The molecule has 5 heteroatoms. The second-order valence-corrected chi connectivity index (χ2v) is 3.42. The molecule has 0 bridgehead atoms. The second kappa shape index (κ2) is 5.34. The van der Waals surface area contributed by atoms with Gasteiger partial charge in [-0.1, -0.05) is 0 Å².